The van der Waals surface area contributed by atoms with Crippen molar-refractivity contribution >= 4 is 44.4 Å². The smallest absolute Gasteiger partial charge is 0.324 e. The van der Waals surface area contributed by atoms with Crippen LogP contribution in [0.3, 0.4) is 0 Å². The number of nitrogens with zero attached hydrogens (tertiary/aromatic N) is 4. The van der Waals surface area contributed by atoms with Gasteiger partial charge in [-0.1, -0.05) is 19.9 Å². The van der Waals surface area contributed by atoms with Gasteiger partial charge in [0.05, 0.1) is 28.8 Å². The van der Waals surface area contributed by atoms with Crippen molar-refractivity contribution in [2.45, 2.75) is 39.7 Å². The average molecular weight is 636 g/mol. The molecule has 0 unspecified atom stereocenters. The third-order valence-corrected chi connectivity index (χ3v) is 5.98. The molecule has 0 aliphatic carbocycles. The van der Waals surface area contributed by atoms with E-state index < -0.39 is 22.0 Å². The van der Waals surface area contributed by atoms with E-state index >= 15 is 0 Å². The molecule has 236 valence electrons. The molecule has 3 aromatic heterocycles. The van der Waals surface area contributed by atoms with Crippen LogP contribution >= 0.6 is 0 Å². The van der Waals surface area contributed by atoms with Crippen LogP contribution < -0.4 is 20.7 Å². The quantitative estimate of drug-likeness (QED) is 0.134. The first-order chi connectivity index (χ1) is 21.2. The van der Waals surface area contributed by atoms with Gasteiger partial charge in [0.15, 0.2) is 0 Å². The molecule has 12 nitrogen and oxygen atoms in total. The van der Waals surface area contributed by atoms with Gasteiger partial charge < -0.3 is 15.4 Å². The van der Waals surface area contributed by atoms with Gasteiger partial charge in [-0.05, 0) is 62.2 Å². The third-order valence-electron chi connectivity index (χ3n) is 5.98. The highest BCUT2D eigenvalue weighted by atomic mass is 32.2. The van der Waals surface area contributed by atoms with Gasteiger partial charge in [0.1, 0.15) is 29.0 Å². The maximum atomic E-state index is 14.9. The fourth-order valence-corrected chi connectivity index (χ4v) is 4.08. The number of ether oxygens (including phenoxy) is 1. The Hall–Kier alpha value is -5.08. The Labute approximate surface area is 260 Å². The molecule has 0 saturated carbocycles. The Bertz CT molecular complexity index is 1900. The van der Waals surface area contributed by atoms with Crippen LogP contribution in [0.4, 0.5) is 26.5 Å². The van der Waals surface area contributed by atoms with Crippen molar-refractivity contribution in [3.05, 3.63) is 90.6 Å². The van der Waals surface area contributed by atoms with E-state index in [1.807, 2.05) is 64.1 Å². The molecule has 0 aliphatic heterocycles. The van der Waals surface area contributed by atoms with Gasteiger partial charge in [-0.2, -0.15) is 13.5 Å². The second-order valence-electron chi connectivity index (χ2n) is 10.6. The summed E-state index contributed by atoms with van der Waals surface area (Å²) in [7, 11) is -3.67. The van der Waals surface area contributed by atoms with Crippen molar-refractivity contribution in [1.29, 1.82) is 0 Å². The first-order valence-electron chi connectivity index (χ1n) is 13.9. The van der Waals surface area contributed by atoms with E-state index in [0.717, 1.165) is 22.3 Å². The summed E-state index contributed by atoms with van der Waals surface area (Å²) in [4.78, 5) is 21.5. The standard InChI is InChI=1S/C30H30FN7O2.CH4O3S/c1-18(2)27-17-29(38(37-27)21-7-9-25-20(14-21)6-5-12-32-25)36-30(39)35-26-10-8-22(15-24(26)31)40-23-11-13-33-28(16-23)34-19(3)4;1-5(2,3)4/h5-19H,1-4H3,(H,33,34)(H2,35,36,39);1H3,(H,2,3,4). The van der Waals surface area contributed by atoms with E-state index in [4.69, 9.17) is 14.4 Å². The number of carbonyl (C=O) groups excluding carboxylic acids is 1. The largest absolute Gasteiger partial charge is 0.457 e. The van der Waals surface area contributed by atoms with Crippen LogP contribution in [0.15, 0.2) is 79.1 Å². The maximum Gasteiger partial charge on any atom is 0.324 e. The molecule has 0 radical (unpaired) electrons. The van der Waals surface area contributed by atoms with Gasteiger partial charge in [-0.25, -0.2) is 18.9 Å². The number of aromatic nitrogens is 4. The normalized spacial score (nSPS) is 11.2. The lowest BCUT2D eigenvalue weighted by atomic mass is 10.1. The van der Waals surface area contributed by atoms with Crippen LogP contribution in [0.2, 0.25) is 0 Å². The fraction of sp³-hybridized carbons (Fsp3) is 0.226. The number of anilines is 3. The fourth-order valence-electron chi connectivity index (χ4n) is 4.08. The number of pyridine rings is 2. The average Bonchev–Trinajstić information content (AvgIpc) is 3.37. The summed E-state index contributed by atoms with van der Waals surface area (Å²) in [6.07, 6.45) is 4.07. The summed E-state index contributed by atoms with van der Waals surface area (Å²) >= 11 is 0. The van der Waals surface area contributed by atoms with Gasteiger partial charge in [-0.3, -0.25) is 14.9 Å². The van der Waals surface area contributed by atoms with Gasteiger partial charge in [0.2, 0.25) is 0 Å². The zero-order valence-corrected chi connectivity index (χ0v) is 26.1. The molecule has 2 amide bonds. The first-order valence-corrected chi connectivity index (χ1v) is 15.8. The molecular formula is C31H34FN7O5S. The van der Waals surface area contributed by atoms with Crippen LogP contribution in [0, 0.1) is 5.82 Å². The Morgan fingerprint density at radius 3 is 2.36 bits per heavy atom. The highest BCUT2D eigenvalue weighted by Gasteiger charge is 2.16. The number of benzene rings is 2. The van der Waals surface area contributed by atoms with Crippen LogP contribution in [-0.2, 0) is 10.1 Å². The number of rotatable bonds is 8. The number of nitrogens with one attached hydrogen (secondary N) is 3. The summed E-state index contributed by atoms with van der Waals surface area (Å²) in [5.41, 5.74) is 2.43. The maximum absolute atomic E-state index is 14.9. The molecule has 0 bridgehead atoms. The van der Waals surface area contributed by atoms with Crippen molar-refractivity contribution in [3.63, 3.8) is 0 Å². The van der Waals surface area contributed by atoms with Crippen LogP contribution in [0.5, 0.6) is 11.5 Å². The number of urea groups is 1. The third kappa shape index (κ3) is 9.71. The summed E-state index contributed by atoms with van der Waals surface area (Å²) in [5, 5.41) is 14.2. The van der Waals surface area contributed by atoms with E-state index in [2.05, 4.69) is 25.9 Å². The lowest BCUT2D eigenvalue weighted by Crippen LogP contribution is -2.22. The Morgan fingerprint density at radius 1 is 0.933 bits per heavy atom. The van der Waals surface area contributed by atoms with E-state index in [1.54, 1.807) is 35.3 Å². The van der Waals surface area contributed by atoms with Crippen molar-refractivity contribution < 1.29 is 26.9 Å². The van der Waals surface area contributed by atoms with E-state index in [9.17, 15) is 17.6 Å². The molecule has 14 heteroatoms. The molecule has 5 aromatic rings. The monoisotopic (exact) mass is 635 g/mol. The summed E-state index contributed by atoms with van der Waals surface area (Å²) in [6.45, 7) is 8.05. The topological polar surface area (TPSA) is 160 Å². The molecule has 4 N–H and O–H groups in total. The summed E-state index contributed by atoms with van der Waals surface area (Å²) in [6, 6.07) is 18.6. The number of fused-ring (bicyclic) bond motifs is 1. The second-order valence-corrected chi connectivity index (χ2v) is 12.1. The van der Waals surface area contributed by atoms with Gasteiger partial charge in [0, 0.05) is 42.0 Å². The van der Waals surface area contributed by atoms with E-state index in [0.29, 0.717) is 23.6 Å². The second kappa shape index (κ2) is 14.1. The van der Waals surface area contributed by atoms with Crippen molar-refractivity contribution in [2.75, 3.05) is 22.2 Å². The molecule has 3 heterocycles. The molecule has 0 aliphatic rings. The van der Waals surface area contributed by atoms with Gasteiger partial charge in [0.25, 0.3) is 10.1 Å². The molecule has 0 atom stereocenters. The Kier molecular flexibility index (Phi) is 10.3. The number of amides is 2. The molecule has 0 fully saturated rings. The molecule has 45 heavy (non-hydrogen) atoms. The molecular weight excluding hydrogens is 601 g/mol. The first kappa shape index (κ1) is 32.8. The van der Waals surface area contributed by atoms with Crippen LogP contribution in [-0.4, -0.2) is 51.0 Å². The number of halogens is 1. The van der Waals surface area contributed by atoms with Crippen molar-refractivity contribution in [2.24, 2.45) is 0 Å². The van der Waals surface area contributed by atoms with Crippen molar-refractivity contribution in [1.82, 2.24) is 19.7 Å². The predicted octanol–water partition coefficient (Wildman–Crippen LogP) is 6.84. The van der Waals surface area contributed by atoms with Gasteiger partial charge in [-0.15, -0.1) is 0 Å². The zero-order chi connectivity index (χ0) is 32.7. The molecule has 0 saturated heterocycles. The minimum absolute atomic E-state index is 0.00803. The minimum atomic E-state index is -3.67. The summed E-state index contributed by atoms with van der Waals surface area (Å²) in [5.74, 6) is 1.40. The van der Waals surface area contributed by atoms with E-state index in [-0.39, 0.29) is 23.4 Å². The zero-order valence-electron chi connectivity index (χ0n) is 25.3. The van der Waals surface area contributed by atoms with Crippen LogP contribution in [0.25, 0.3) is 16.6 Å². The number of hydrogen-bond donors (Lipinski definition) is 4. The minimum Gasteiger partial charge on any atom is -0.457 e. The van der Waals surface area contributed by atoms with Crippen molar-refractivity contribution in [3.8, 4) is 17.2 Å². The Morgan fingerprint density at radius 2 is 1.67 bits per heavy atom. The highest BCUT2D eigenvalue weighted by molar-refractivity contribution is 7.85. The molecule has 5 rings (SSSR count). The highest BCUT2D eigenvalue weighted by Crippen LogP contribution is 2.28. The van der Waals surface area contributed by atoms with E-state index in [1.165, 1.54) is 12.1 Å². The lowest BCUT2D eigenvalue weighted by Gasteiger charge is -2.13. The lowest BCUT2D eigenvalue weighted by molar-refractivity contribution is 0.262. The summed E-state index contributed by atoms with van der Waals surface area (Å²) < 4.78 is 48.3. The SMILES string of the molecule is CC(C)Nc1cc(Oc2ccc(NC(=O)Nc3cc(C(C)C)nn3-c3ccc4ncccc4c3)c(F)c2)ccn1.CS(=O)(=O)O. The van der Waals surface area contributed by atoms with Crippen LogP contribution in [0.1, 0.15) is 39.3 Å². The van der Waals surface area contributed by atoms with Gasteiger partial charge >= 0.3 is 6.03 Å². The number of carbonyl (C=O) groups is 1. The number of hydrogen-bond acceptors (Lipinski definition) is 8. The molecule has 2 aromatic carbocycles. The predicted molar refractivity (Wildman–Crippen MR) is 173 cm³/mol. The Balaban J connectivity index is 0.000000854. The molecule has 0 spiro atoms.